The van der Waals surface area contributed by atoms with Gasteiger partial charge in [-0.25, -0.2) is 0 Å². The molecule has 0 amide bonds. The fourth-order valence-electron chi connectivity index (χ4n) is 9.40. The molecule has 0 atom stereocenters. The molecule has 0 aromatic heterocycles. The number of hydrogen-bond acceptors (Lipinski definition) is 0. The maximum atomic E-state index is 2.47. The summed E-state index contributed by atoms with van der Waals surface area (Å²) in [6, 6.07) is 37.1. The standard InChI is InChI=1S/2C25H29.C2H6Si.2ClH.Zr/c2*1-18-12-19(2)14-23(13-18)24-11-7-10-22-16-21(17-25(22)24)15-20-8-5-3-4-6-9-20;1-3-2;;;/h2*7,10-14,16-17,20H,3-6,8-9,15H2,1-2H3;1-2H3;2*1H;/q2*-1;;;;+2/p-2. The van der Waals surface area contributed by atoms with Gasteiger partial charge in [-0.15, -0.1) is 69.1 Å². The van der Waals surface area contributed by atoms with Crippen LogP contribution in [0.3, 0.4) is 0 Å². The Kier molecular flexibility index (Phi) is 18.9. The minimum absolute atomic E-state index is 0. The number of fused-ring (bicyclic) bond motifs is 2. The molecule has 0 saturated heterocycles. The second-order valence-electron chi connectivity index (χ2n) is 17.2. The van der Waals surface area contributed by atoms with E-state index in [-0.39, 0.29) is 30.2 Å². The average molecular weight is 879 g/mol. The van der Waals surface area contributed by atoms with Crippen molar-refractivity contribution >= 4 is 27.0 Å². The SMILES string of the molecule is C[Si](C)=[Zr+2].Cc1cc(C)cc(-c2cccc3[cH-]c(CC4CCCCCC4)cc23)c1.Cc1cc(C)cc(-c2cccc3[cH-]c(CC4CCCCCC4)cc23)c1.[Cl-].[Cl-]. The summed E-state index contributed by atoms with van der Waals surface area (Å²) in [6.45, 7) is 13.4. The molecule has 0 N–H and O–H groups in total. The van der Waals surface area contributed by atoms with Crippen molar-refractivity contribution in [2.75, 3.05) is 0 Å². The van der Waals surface area contributed by atoms with Gasteiger partial charge in [-0.3, -0.25) is 0 Å². The Morgan fingerprint density at radius 2 is 0.821 bits per heavy atom. The van der Waals surface area contributed by atoms with Gasteiger partial charge in [0.15, 0.2) is 0 Å². The maximum absolute atomic E-state index is 2.47. The molecule has 0 nitrogen and oxygen atoms in total. The van der Waals surface area contributed by atoms with Crippen LogP contribution < -0.4 is 24.8 Å². The van der Waals surface area contributed by atoms with Crippen molar-refractivity contribution in [3.05, 3.63) is 130 Å². The Morgan fingerprint density at radius 1 is 0.500 bits per heavy atom. The van der Waals surface area contributed by atoms with Crippen molar-refractivity contribution in [3.8, 4) is 22.3 Å². The molecule has 2 saturated carbocycles. The zero-order valence-corrected chi connectivity index (χ0v) is 40.0. The van der Waals surface area contributed by atoms with Crippen molar-refractivity contribution in [1.29, 1.82) is 0 Å². The topological polar surface area (TPSA) is 0 Å². The fraction of sp³-hybridized carbons (Fsp3) is 0.423. The zero-order chi connectivity index (χ0) is 38.0. The van der Waals surface area contributed by atoms with Crippen molar-refractivity contribution in [2.45, 2.75) is 131 Å². The third kappa shape index (κ3) is 13.4. The van der Waals surface area contributed by atoms with Gasteiger partial charge in [-0.05, 0) is 63.5 Å². The van der Waals surface area contributed by atoms with Crippen LogP contribution >= 0.6 is 0 Å². The minimum Gasteiger partial charge on any atom is -1.00 e. The molecule has 296 valence electrons. The monoisotopic (exact) mass is 876 g/mol. The van der Waals surface area contributed by atoms with Gasteiger partial charge in [0, 0.05) is 0 Å². The summed E-state index contributed by atoms with van der Waals surface area (Å²) in [7, 11) is 0. The van der Waals surface area contributed by atoms with Crippen LogP contribution in [0.25, 0.3) is 43.8 Å². The molecule has 0 aliphatic heterocycles. The Labute approximate surface area is 367 Å². The predicted octanol–water partition coefficient (Wildman–Crippen LogP) is 9.50. The summed E-state index contributed by atoms with van der Waals surface area (Å²) in [5, 5.41) is 5.66. The first kappa shape index (κ1) is 46.5. The van der Waals surface area contributed by atoms with E-state index in [1.807, 2.05) is 0 Å². The maximum Gasteiger partial charge on any atom is -0.0274 e. The minimum atomic E-state index is 0. The van der Waals surface area contributed by atoms with E-state index in [9.17, 15) is 0 Å². The number of hydrogen-bond donors (Lipinski definition) is 0. The van der Waals surface area contributed by atoms with Gasteiger partial charge in [0.25, 0.3) is 0 Å². The van der Waals surface area contributed by atoms with E-state index in [0.29, 0.717) is 0 Å². The second kappa shape index (κ2) is 22.8. The molecule has 0 heterocycles. The molecular weight excluding hydrogens is 815 g/mol. The van der Waals surface area contributed by atoms with Crippen molar-refractivity contribution < 1.29 is 48.1 Å². The molecule has 6 aromatic rings. The number of benzene rings is 4. The molecular formula is C52H64Cl2SiZr-2. The second-order valence-corrected chi connectivity index (χ2v) is 26.6. The van der Waals surface area contributed by atoms with Gasteiger partial charge in [0.05, 0.1) is 0 Å². The number of rotatable bonds is 6. The third-order valence-electron chi connectivity index (χ3n) is 11.7. The van der Waals surface area contributed by atoms with E-state index >= 15 is 0 Å². The number of halogens is 2. The molecule has 8 rings (SSSR count). The smallest absolute Gasteiger partial charge is 0.0274 e. The van der Waals surface area contributed by atoms with E-state index in [1.165, 1.54) is 156 Å². The van der Waals surface area contributed by atoms with Crippen LogP contribution in [0, 0.1) is 39.5 Å². The van der Waals surface area contributed by atoms with Crippen molar-refractivity contribution in [2.24, 2.45) is 11.8 Å². The summed E-state index contributed by atoms with van der Waals surface area (Å²) >= 11 is 1.74. The Bertz CT molecular complexity index is 1940. The molecule has 2 aliphatic rings. The third-order valence-corrected chi connectivity index (χ3v) is 11.7. The molecule has 6 aromatic carbocycles. The van der Waals surface area contributed by atoms with Crippen LogP contribution in [-0.2, 0) is 36.2 Å². The Balaban J connectivity index is 0.000000220. The fourth-order valence-corrected chi connectivity index (χ4v) is 9.40. The van der Waals surface area contributed by atoms with E-state index in [2.05, 4.69) is 138 Å². The van der Waals surface area contributed by atoms with E-state index in [1.54, 1.807) is 34.5 Å². The summed E-state index contributed by atoms with van der Waals surface area (Å²) in [6.07, 6.45) is 19.7. The van der Waals surface area contributed by atoms with Crippen LogP contribution in [0.2, 0.25) is 13.1 Å². The molecule has 0 spiro atoms. The molecule has 4 heteroatoms. The first-order chi connectivity index (χ1) is 26.1. The first-order valence-corrected chi connectivity index (χ1v) is 27.4. The predicted molar refractivity (Wildman–Crippen MR) is 236 cm³/mol. The van der Waals surface area contributed by atoms with E-state index in [0.717, 1.165) is 11.8 Å². The van der Waals surface area contributed by atoms with Crippen molar-refractivity contribution in [1.82, 2.24) is 0 Å². The van der Waals surface area contributed by atoms with Crippen LogP contribution in [0.1, 0.15) is 110 Å². The summed E-state index contributed by atoms with van der Waals surface area (Å²) in [5.74, 6) is 1.79. The quantitative estimate of drug-likeness (QED) is 0.0890. The van der Waals surface area contributed by atoms with Crippen LogP contribution in [-0.4, -0.2) is 5.43 Å². The molecule has 0 unspecified atom stereocenters. The Hall–Kier alpha value is -2.22. The largest absolute Gasteiger partial charge is 1.00 e. The van der Waals surface area contributed by atoms with Crippen LogP contribution in [0.4, 0.5) is 0 Å². The molecule has 2 aliphatic carbocycles. The van der Waals surface area contributed by atoms with Gasteiger partial charge in [0.2, 0.25) is 0 Å². The molecule has 0 radical (unpaired) electrons. The van der Waals surface area contributed by atoms with E-state index < -0.39 is 0 Å². The average Bonchev–Trinajstić information content (AvgIpc) is 3.50. The van der Waals surface area contributed by atoms with Gasteiger partial charge in [0.1, 0.15) is 0 Å². The number of aryl methyl sites for hydroxylation is 4. The van der Waals surface area contributed by atoms with Gasteiger partial charge in [-0.1, -0.05) is 159 Å². The first-order valence-electron chi connectivity index (χ1n) is 21.2. The normalized spacial score (nSPS) is 15.0. The van der Waals surface area contributed by atoms with Crippen molar-refractivity contribution in [3.63, 3.8) is 0 Å². The van der Waals surface area contributed by atoms with Gasteiger partial charge < -0.3 is 24.8 Å². The molecule has 2 fully saturated rings. The summed E-state index contributed by atoms with van der Waals surface area (Å²) in [4.78, 5) is 0. The summed E-state index contributed by atoms with van der Waals surface area (Å²) in [5.41, 5.74) is 14.2. The molecule has 0 bridgehead atoms. The summed E-state index contributed by atoms with van der Waals surface area (Å²) < 4.78 is 0. The van der Waals surface area contributed by atoms with E-state index in [4.69, 9.17) is 0 Å². The Morgan fingerprint density at radius 3 is 1.14 bits per heavy atom. The van der Waals surface area contributed by atoms with Crippen LogP contribution in [0.15, 0.2) is 97.1 Å². The van der Waals surface area contributed by atoms with Gasteiger partial charge in [-0.2, -0.15) is 12.1 Å². The zero-order valence-electron chi connectivity index (χ0n) is 35.0. The van der Waals surface area contributed by atoms with Gasteiger partial charge >= 0.3 is 41.9 Å². The molecule has 56 heavy (non-hydrogen) atoms. The van der Waals surface area contributed by atoms with Crippen LogP contribution in [0.5, 0.6) is 0 Å².